The number of hydrogen-bond acceptors (Lipinski definition) is 6. The van der Waals surface area contributed by atoms with Gasteiger partial charge in [-0.2, -0.15) is 0 Å². The number of carbonyl (C=O) groups is 3. The van der Waals surface area contributed by atoms with Crippen LogP contribution in [0.1, 0.15) is 37.8 Å². The molecule has 3 unspecified atom stereocenters. The second kappa shape index (κ2) is 9.97. The van der Waals surface area contributed by atoms with Gasteiger partial charge in [0.1, 0.15) is 6.04 Å². The van der Waals surface area contributed by atoms with E-state index in [9.17, 15) is 19.5 Å². The SMILES string of the molecule is C=CCN(C(=O)C1N(CCCO)C(=O)[C@@H]2[C@H](C(=O)OCC)[C@@H]3CC(C)C12S3)c1c(C)cccc1C. The second-order valence-corrected chi connectivity index (χ2v) is 11.4. The third kappa shape index (κ3) is 3.89. The minimum atomic E-state index is -0.727. The number of anilines is 1. The number of nitrogens with zero attached hydrogens (tertiary/aromatic N) is 2. The van der Waals surface area contributed by atoms with Crippen molar-refractivity contribution < 1.29 is 24.2 Å². The summed E-state index contributed by atoms with van der Waals surface area (Å²) in [4.78, 5) is 44.9. The molecule has 8 heteroatoms. The van der Waals surface area contributed by atoms with E-state index >= 15 is 0 Å². The maximum absolute atomic E-state index is 14.5. The van der Waals surface area contributed by atoms with Crippen molar-refractivity contribution in [1.82, 2.24) is 4.90 Å². The van der Waals surface area contributed by atoms with Gasteiger partial charge in [0, 0.05) is 30.6 Å². The third-order valence-corrected chi connectivity index (χ3v) is 9.96. The number of aryl methyl sites for hydroxylation is 2. The zero-order valence-electron chi connectivity index (χ0n) is 21.0. The smallest absolute Gasteiger partial charge is 0.310 e. The summed E-state index contributed by atoms with van der Waals surface area (Å²) < 4.78 is 4.69. The van der Waals surface area contributed by atoms with Crippen LogP contribution in [0.5, 0.6) is 0 Å². The van der Waals surface area contributed by atoms with Crippen LogP contribution in [0.3, 0.4) is 0 Å². The van der Waals surface area contributed by atoms with Gasteiger partial charge in [-0.15, -0.1) is 18.3 Å². The molecule has 7 nitrogen and oxygen atoms in total. The van der Waals surface area contributed by atoms with Gasteiger partial charge in [-0.3, -0.25) is 14.4 Å². The Morgan fingerprint density at radius 2 is 2.03 bits per heavy atom. The third-order valence-electron chi connectivity index (χ3n) is 7.88. The van der Waals surface area contributed by atoms with Gasteiger partial charge in [0.25, 0.3) is 5.91 Å². The lowest BCUT2D eigenvalue weighted by Crippen LogP contribution is -2.57. The predicted octanol–water partition coefficient (Wildman–Crippen LogP) is 3.11. The summed E-state index contributed by atoms with van der Waals surface area (Å²) in [6.07, 6.45) is 2.84. The van der Waals surface area contributed by atoms with Crippen LogP contribution in [-0.4, -0.2) is 70.1 Å². The molecule has 1 spiro atoms. The van der Waals surface area contributed by atoms with Crippen LogP contribution in [0.15, 0.2) is 30.9 Å². The fraction of sp³-hybridized carbons (Fsp3) is 0.593. The topological polar surface area (TPSA) is 87.2 Å². The molecule has 3 saturated heterocycles. The van der Waals surface area contributed by atoms with Gasteiger partial charge in [0.2, 0.25) is 5.91 Å². The normalized spacial score (nSPS) is 30.9. The van der Waals surface area contributed by atoms with E-state index in [0.29, 0.717) is 13.0 Å². The van der Waals surface area contributed by atoms with Crippen LogP contribution in [0.2, 0.25) is 0 Å². The number of hydrogen-bond donors (Lipinski definition) is 1. The Labute approximate surface area is 211 Å². The molecule has 3 aliphatic rings. The van der Waals surface area contributed by atoms with Crippen molar-refractivity contribution >= 4 is 35.2 Å². The van der Waals surface area contributed by atoms with Gasteiger partial charge < -0.3 is 19.6 Å². The first-order valence-corrected chi connectivity index (χ1v) is 13.4. The first-order valence-electron chi connectivity index (χ1n) is 12.5. The Bertz CT molecular complexity index is 1010. The lowest BCUT2D eigenvalue weighted by atomic mass is 9.66. The van der Waals surface area contributed by atoms with E-state index in [0.717, 1.165) is 23.2 Å². The molecule has 6 atom stereocenters. The number of carbonyl (C=O) groups excluding carboxylic acids is 3. The molecular formula is C27H36N2O5S. The minimum Gasteiger partial charge on any atom is -0.466 e. The van der Waals surface area contributed by atoms with Crippen LogP contribution < -0.4 is 4.90 Å². The molecular weight excluding hydrogens is 464 g/mol. The number of amides is 2. The van der Waals surface area contributed by atoms with Crippen molar-refractivity contribution in [1.29, 1.82) is 0 Å². The number of fused-ring (bicyclic) bond motifs is 1. The number of para-hydroxylation sites is 1. The van der Waals surface area contributed by atoms with Crippen LogP contribution in [0, 0.1) is 31.6 Å². The fourth-order valence-corrected chi connectivity index (χ4v) is 8.99. The number of benzene rings is 1. The summed E-state index contributed by atoms with van der Waals surface area (Å²) in [5.74, 6) is -1.74. The Hall–Kier alpha value is -2.32. The average Bonchev–Trinajstić information content (AvgIpc) is 3.40. The summed E-state index contributed by atoms with van der Waals surface area (Å²) in [7, 11) is 0. The van der Waals surface area contributed by atoms with Gasteiger partial charge in [-0.25, -0.2) is 0 Å². The Kier molecular flexibility index (Phi) is 7.34. The molecule has 4 rings (SSSR count). The molecule has 0 aliphatic carbocycles. The van der Waals surface area contributed by atoms with Gasteiger partial charge in [-0.05, 0) is 50.7 Å². The minimum absolute atomic E-state index is 0.0404. The maximum Gasteiger partial charge on any atom is 0.310 e. The van der Waals surface area contributed by atoms with Crippen LogP contribution in [0.4, 0.5) is 5.69 Å². The highest BCUT2D eigenvalue weighted by molar-refractivity contribution is 8.02. The van der Waals surface area contributed by atoms with Gasteiger partial charge in [0.15, 0.2) is 0 Å². The van der Waals surface area contributed by atoms with E-state index < -0.39 is 22.6 Å². The lowest BCUT2D eigenvalue weighted by molar-refractivity contribution is -0.154. The van der Waals surface area contributed by atoms with E-state index in [2.05, 4.69) is 13.5 Å². The summed E-state index contributed by atoms with van der Waals surface area (Å²) in [5.41, 5.74) is 2.78. The molecule has 1 aromatic rings. The summed E-state index contributed by atoms with van der Waals surface area (Å²) in [6.45, 7) is 12.5. The average molecular weight is 501 g/mol. The molecule has 3 heterocycles. The molecule has 1 aromatic carbocycles. The number of ether oxygens (including phenoxy) is 1. The molecule has 35 heavy (non-hydrogen) atoms. The monoisotopic (exact) mass is 500 g/mol. The van der Waals surface area contributed by atoms with Crippen molar-refractivity contribution in [3.05, 3.63) is 42.0 Å². The van der Waals surface area contributed by atoms with Crippen molar-refractivity contribution in [2.45, 2.75) is 56.6 Å². The van der Waals surface area contributed by atoms with Crippen LogP contribution in [0.25, 0.3) is 0 Å². The summed E-state index contributed by atoms with van der Waals surface area (Å²) in [6, 6.07) is 5.19. The highest BCUT2D eigenvalue weighted by Crippen LogP contribution is 2.68. The Balaban J connectivity index is 1.83. The standard InChI is InChI=1S/C27H36N2O5S/c1-6-12-28(22-16(3)10-8-11-17(22)4)25(32)23-27-18(5)15-19(35-27)20(26(33)34-7-2)21(27)24(31)29(23)13-9-14-30/h6,8,10-11,18-21,23,30H,1,7,9,12-15H2,2-5H3/t18?,19-,20+,21-,23?,27?/m0/s1. The quantitative estimate of drug-likeness (QED) is 0.414. The number of likely N-dealkylation sites (tertiary alicyclic amines) is 1. The lowest BCUT2D eigenvalue weighted by Gasteiger charge is -2.41. The first kappa shape index (κ1) is 25.8. The fourth-order valence-electron chi connectivity index (χ4n) is 6.59. The van der Waals surface area contributed by atoms with E-state index in [1.807, 2.05) is 32.0 Å². The Morgan fingerprint density at radius 3 is 2.63 bits per heavy atom. The highest BCUT2D eigenvalue weighted by atomic mass is 32.2. The van der Waals surface area contributed by atoms with Crippen molar-refractivity contribution in [3.8, 4) is 0 Å². The highest BCUT2D eigenvalue weighted by Gasteiger charge is 2.76. The number of aliphatic hydroxyl groups excluding tert-OH is 1. The van der Waals surface area contributed by atoms with Crippen LogP contribution in [-0.2, 0) is 19.1 Å². The Morgan fingerprint density at radius 1 is 1.34 bits per heavy atom. The number of aliphatic hydroxyl groups is 1. The van der Waals surface area contributed by atoms with Crippen LogP contribution >= 0.6 is 11.8 Å². The van der Waals surface area contributed by atoms with E-state index in [4.69, 9.17) is 4.74 Å². The zero-order valence-corrected chi connectivity index (χ0v) is 21.8. The number of esters is 1. The molecule has 1 N–H and O–H groups in total. The maximum atomic E-state index is 14.5. The molecule has 0 saturated carbocycles. The number of thioether (sulfide) groups is 1. The number of rotatable bonds is 9. The summed E-state index contributed by atoms with van der Waals surface area (Å²) in [5, 5.41) is 9.51. The summed E-state index contributed by atoms with van der Waals surface area (Å²) >= 11 is 1.64. The predicted molar refractivity (Wildman–Crippen MR) is 137 cm³/mol. The van der Waals surface area contributed by atoms with E-state index in [-0.39, 0.29) is 48.7 Å². The largest absolute Gasteiger partial charge is 0.466 e. The first-order chi connectivity index (χ1) is 16.7. The molecule has 2 amide bonds. The van der Waals surface area contributed by atoms with Gasteiger partial charge in [-0.1, -0.05) is 31.2 Å². The molecule has 0 aromatic heterocycles. The molecule has 190 valence electrons. The zero-order chi connectivity index (χ0) is 25.5. The van der Waals surface area contributed by atoms with Crippen molar-refractivity contribution in [3.63, 3.8) is 0 Å². The van der Waals surface area contributed by atoms with Crippen molar-refractivity contribution in [2.24, 2.45) is 17.8 Å². The van der Waals surface area contributed by atoms with E-state index in [1.54, 1.807) is 34.6 Å². The van der Waals surface area contributed by atoms with Gasteiger partial charge in [0.05, 0.1) is 23.2 Å². The molecule has 0 radical (unpaired) electrons. The molecule has 3 fully saturated rings. The molecule has 2 bridgehead atoms. The second-order valence-electron chi connectivity index (χ2n) is 9.89. The van der Waals surface area contributed by atoms with E-state index in [1.165, 1.54) is 0 Å². The van der Waals surface area contributed by atoms with Gasteiger partial charge >= 0.3 is 5.97 Å². The van der Waals surface area contributed by atoms with Crippen molar-refractivity contribution in [2.75, 3.05) is 31.2 Å². The molecule has 3 aliphatic heterocycles.